The van der Waals surface area contributed by atoms with Crippen LogP contribution < -0.4 is 20.5 Å². The largest absolute Gasteiger partial charge is 0.497 e. The zero-order valence-electron chi connectivity index (χ0n) is 11.7. The third kappa shape index (κ3) is 2.40. The standard InChI is InChI=1S/C14H15N3O3S/c1-19-7-3-4-8(10(5-7)20-2)9-6-11(18)16-13-12(9)21-14(15)17-13/h3-5,9H,6H2,1-2H3,(H2,15,17)(H,16,18)/t9-/m0/s1. The summed E-state index contributed by atoms with van der Waals surface area (Å²) in [6.45, 7) is 0. The molecule has 0 radical (unpaired) electrons. The van der Waals surface area contributed by atoms with Crippen LogP contribution in [0.5, 0.6) is 11.5 Å². The van der Waals surface area contributed by atoms with Gasteiger partial charge in [0.05, 0.1) is 19.1 Å². The molecule has 0 saturated carbocycles. The van der Waals surface area contributed by atoms with Crippen molar-refractivity contribution in [3.05, 3.63) is 28.6 Å². The van der Waals surface area contributed by atoms with E-state index >= 15 is 0 Å². The van der Waals surface area contributed by atoms with Crippen LogP contribution in [0.4, 0.5) is 10.9 Å². The topological polar surface area (TPSA) is 86.5 Å². The minimum atomic E-state index is -0.107. The van der Waals surface area contributed by atoms with Crippen molar-refractivity contribution in [2.75, 3.05) is 25.3 Å². The summed E-state index contributed by atoms with van der Waals surface area (Å²) in [5.41, 5.74) is 6.69. The number of carbonyl (C=O) groups is 1. The van der Waals surface area contributed by atoms with Gasteiger partial charge in [-0.1, -0.05) is 17.4 Å². The normalized spacial score (nSPS) is 17.0. The van der Waals surface area contributed by atoms with Crippen LogP contribution in [0, 0.1) is 0 Å². The van der Waals surface area contributed by atoms with Crippen molar-refractivity contribution in [2.45, 2.75) is 12.3 Å². The quantitative estimate of drug-likeness (QED) is 0.908. The number of aromatic nitrogens is 1. The Balaban J connectivity index is 2.10. The monoisotopic (exact) mass is 305 g/mol. The number of carbonyl (C=O) groups excluding carboxylic acids is 1. The fourth-order valence-electron chi connectivity index (χ4n) is 2.49. The lowest BCUT2D eigenvalue weighted by Gasteiger charge is -2.23. The van der Waals surface area contributed by atoms with Crippen LogP contribution in [-0.4, -0.2) is 25.1 Å². The number of nitrogen functional groups attached to an aromatic ring is 1. The summed E-state index contributed by atoms with van der Waals surface area (Å²) in [5.74, 6) is 1.77. The van der Waals surface area contributed by atoms with Gasteiger partial charge in [0.1, 0.15) is 17.3 Å². The maximum atomic E-state index is 11.9. The van der Waals surface area contributed by atoms with Crippen molar-refractivity contribution in [1.29, 1.82) is 0 Å². The van der Waals surface area contributed by atoms with E-state index in [1.54, 1.807) is 14.2 Å². The Hall–Kier alpha value is -2.28. The number of hydrogen-bond donors (Lipinski definition) is 2. The van der Waals surface area contributed by atoms with Crippen LogP contribution >= 0.6 is 11.3 Å². The lowest BCUT2D eigenvalue weighted by Crippen LogP contribution is -2.22. The van der Waals surface area contributed by atoms with E-state index in [2.05, 4.69) is 10.3 Å². The van der Waals surface area contributed by atoms with Gasteiger partial charge in [-0.25, -0.2) is 4.98 Å². The van der Waals surface area contributed by atoms with Crippen LogP contribution in [0.15, 0.2) is 18.2 Å². The number of thiazole rings is 1. The van der Waals surface area contributed by atoms with Gasteiger partial charge in [0.15, 0.2) is 5.13 Å². The number of ether oxygens (including phenoxy) is 2. The van der Waals surface area contributed by atoms with Crippen molar-refractivity contribution >= 4 is 28.2 Å². The first-order valence-electron chi connectivity index (χ1n) is 6.40. The summed E-state index contributed by atoms with van der Waals surface area (Å²) in [6, 6.07) is 5.58. The van der Waals surface area contributed by atoms with Gasteiger partial charge in [0, 0.05) is 24.0 Å². The maximum Gasteiger partial charge on any atom is 0.226 e. The second-order valence-electron chi connectivity index (χ2n) is 4.68. The zero-order valence-corrected chi connectivity index (χ0v) is 12.5. The number of benzene rings is 1. The fourth-order valence-corrected chi connectivity index (χ4v) is 3.40. The van der Waals surface area contributed by atoms with E-state index in [4.69, 9.17) is 15.2 Å². The molecule has 0 bridgehead atoms. The van der Waals surface area contributed by atoms with E-state index in [1.165, 1.54) is 11.3 Å². The Labute approximate surface area is 125 Å². The van der Waals surface area contributed by atoms with Gasteiger partial charge >= 0.3 is 0 Å². The molecule has 1 aromatic heterocycles. The number of hydrogen-bond acceptors (Lipinski definition) is 6. The first-order chi connectivity index (χ1) is 10.1. The summed E-state index contributed by atoms with van der Waals surface area (Å²) in [4.78, 5) is 17.0. The van der Waals surface area contributed by atoms with Crippen molar-refractivity contribution in [3.63, 3.8) is 0 Å². The van der Waals surface area contributed by atoms with Gasteiger partial charge in [-0.3, -0.25) is 4.79 Å². The lowest BCUT2D eigenvalue weighted by atomic mass is 9.90. The number of rotatable bonds is 3. The SMILES string of the molecule is COc1ccc([C@@H]2CC(=O)Nc3nc(N)sc32)c(OC)c1. The smallest absolute Gasteiger partial charge is 0.226 e. The number of nitrogens with one attached hydrogen (secondary N) is 1. The van der Waals surface area contributed by atoms with Crippen molar-refractivity contribution in [1.82, 2.24) is 4.98 Å². The van der Waals surface area contributed by atoms with E-state index in [0.29, 0.717) is 28.9 Å². The van der Waals surface area contributed by atoms with Crippen LogP contribution in [0.3, 0.4) is 0 Å². The molecule has 2 aromatic rings. The fraction of sp³-hybridized carbons (Fsp3) is 0.286. The average molecular weight is 305 g/mol. The molecule has 3 N–H and O–H groups in total. The summed E-state index contributed by atoms with van der Waals surface area (Å²) in [5, 5.41) is 3.20. The van der Waals surface area contributed by atoms with E-state index in [1.807, 2.05) is 18.2 Å². The van der Waals surface area contributed by atoms with Crippen LogP contribution in [-0.2, 0) is 4.79 Å². The Morgan fingerprint density at radius 2 is 2.19 bits per heavy atom. The molecule has 0 spiro atoms. The first kappa shape index (κ1) is 13.7. The highest BCUT2D eigenvalue weighted by Crippen LogP contribution is 2.44. The van der Waals surface area contributed by atoms with Gasteiger partial charge in [-0.05, 0) is 6.07 Å². The molecule has 1 aromatic carbocycles. The molecule has 7 heteroatoms. The van der Waals surface area contributed by atoms with Crippen molar-refractivity contribution in [3.8, 4) is 11.5 Å². The molecule has 0 fully saturated rings. The van der Waals surface area contributed by atoms with Gasteiger partial charge in [0.2, 0.25) is 5.91 Å². The third-order valence-corrected chi connectivity index (χ3v) is 4.45. The van der Waals surface area contributed by atoms with Gasteiger partial charge in [-0.2, -0.15) is 0 Å². The molecule has 2 heterocycles. The van der Waals surface area contributed by atoms with E-state index in [-0.39, 0.29) is 11.8 Å². The second-order valence-corrected chi connectivity index (χ2v) is 5.74. The molecule has 21 heavy (non-hydrogen) atoms. The molecule has 3 rings (SSSR count). The lowest BCUT2D eigenvalue weighted by molar-refractivity contribution is -0.116. The van der Waals surface area contributed by atoms with Crippen LogP contribution in [0.25, 0.3) is 0 Å². The molecule has 1 atom stereocenters. The van der Waals surface area contributed by atoms with Crippen LogP contribution in [0.1, 0.15) is 22.8 Å². The average Bonchev–Trinajstić information content (AvgIpc) is 2.85. The predicted octanol–water partition coefficient (Wildman–Crippen LogP) is 2.22. The number of anilines is 2. The summed E-state index contributed by atoms with van der Waals surface area (Å²) in [6.07, 6.45) is 0.345. The number of methoxy groups -OCH3 is 2. The molecular weight excluding hydrogens is 290 g/mol. The molecule has 0 saturated heterocycles. The highest BCUT2D eigenvalue weighted by Gasteiger charge is 2.31. The molecule has 1 aliphatic rings. The Morgan fingerprint density at radius 1 is 1.38 bits per heavy atom. The second kappa shape index (κ2) is 5.25. The Bertz CT molecular complexity index is 699. The maximum absolute atomic E-state index is 11.9. The molecule has 110 valence electrons. The van der Waals surface area contributed by atoms with Crippen LogP contribution in [0.2, 0.25) is 0 Å². The molecule has 0 aliphatic carbocycles. The van der Waals surface area contributed by atoms with E-state index in [9.17, 15) is 4.79 Å². The molecule has 0 unspecified atom stereocenters. The molecule has 1 amide bonds. The van der Waals surface area contributed by atoms with Gasteiger partial charge in [-0.15, -0.1) is 0 Å². The summed E-state index contributed by atoms with van der Waals surface area (Å²) in [7, 11) is 3.20. The zero-order chi connectivity index (χ0) is 15.0. The minimum Gasteiger partial charge on any atom is -0.497 e. The highest BCUT2D eigenvalue weighted by molar-refractivity contribution is 7.16. The number of amides is 1. The number of nitrogens with two attached hydrogens (primary N) is 1. The first-order valence-corrected chi connectivity index (χ1v) is 7.22. The minimum absolute atomic E-state index is 0.0735. The Kier molecular flexibility index (Phi) is 3.42. The van der Waals surface area contributed by atoms with E-state index < -0.39 is 0 Å². The van der Waals surface area contributed by atoms with Gasteiger partial charge < -0.3 is 20.5 Å². The van der Waals surface area contributed by atoms with Gasteiger partial charge in [0.25, 0.3) is 0 Å². The highest BCUT2D eigenvalue weighted by atomic mass is 32.1. The molecular formula is C14H15N3O3S. The van der Waals surface area contributed by atoms with Crippen molar-refractivity contribution in [2.24, 2.45) is 0 Å². The number of fused-ring (bicyclic) bond motifs is 1. The molecule has 6 nitrogen and oxygen atoms in total. The number of nitrogens with zero attached hydrogens (tertiary/aromatic N) is 1. The van der Waals surface area contributed by atoms with E-state index in [0.717, 1.165) is 10.4 Å². The predicted molar refractivity (Wildman–Crippen MR) is 81.2 cm³/mol. The molecule has 1 aliphatic heterocycles. The summed E-state index contributed by atoms with van der Waals surface area (Å²) >= 11 is 1.39. The van der Waals surface area contributed by atoms with Crippen molar-refractivity contribution < 1.29 is 14.3 Å². The Morgan fingerprint density at radius 3 is 2.90 bits per heavy atom. The summed E-state index contributed by atoms with van der Waals surface area (Å²) < 4.78 is 10.6. The third-order valence-electron chi connectivity index (χ3n) is 3.45.